The van der Waals surface area contributed by atoms with Crippen molar-refractivity contribution in [1.82, 2.24) is 19.6 Å². The van der Waals surface area contributed by atoms with E-state index in [9.17, 15) is 9.59 Å². The number of hydrogen-bond donors (Lipinski definition) is 0. The van der Waals surface area contributed by atoms with Crippen molar-refractivity contribution in [2.75, 3.05) is 66.5 Å². The molecule has 8 nitrogen and oxygen atoms in total. The molecule has 0 aliphatic carbocycles. The molecule has 2 aliphatic heterocycles. The molecule has 0 atom stereocenters. The van der Waals surface area contributed by atoms with Gasteiger partial charge in [0.05, 0.1) is 0 Å². The molecule has 5 rings (SSSR count). The molecule has 0 bridgehead atoms. The molecule has 2 saturated heterocycles. The Morgan fingerprint density at radius 2 is 0.912 bits per heavy atom. The predicted molar refractivity (Wildman–Crippen MR) is 129 cm³/mol. The first-order chi connectivity index (χ1) is 16.5. The van der Waals surface area contributed by atoms with E-state index < -0.39 is 0 Å². The Hall–Kier alpha value is -3.36. The van der Waals surface area contributed by atoms with Gasteiger partial charge in [0.15, 0.2) is 11.5 Å². The van der Waals surface area contributed by atoms with Gasteiger partial charge in [0.25, 0.3) is 11.8 Å². The van der Waals surface area contributed by atoms with Gasteiger partial charge in [-0.1, -0.05) is 24.3 Å². The van der Waals surface area contributed by atoms with E-state index in [4.69, 9.17) is 8.83 Å². The largest absolute Gasteiger partial charge is 0.451 e. The number of nitrogens with zero attached hydrogens (tertiary/aromatic N) is 4. The third-order valence-corrected chi connectivity index (χ3v) is 6.67. The van der Waals surface area contributed by atoms with Crippen LogP contribution < -0.4 is 0 Å². The van der Waals surface area contributed by atoms with Crippen LogP contribution in [0.4, 0.5) is 0 Å². The normalized spacial score (nSPS) is 17.8. The summed E-state index contributed by atoms with van der Waals surface area (Å²) in [5.74, 6) is 1.89. The lowest BCUT2D eigenvalue weighted by Crippen LogP contribution is -2.47. The number of rotatable bonds is 4. The quantitative estimate of drug-likeness (QED) is 0.594. The molecule has 2 fully saturated rings. The summed E-state index contributed by atoms with van der Waals surface area (Å²) in [6, 6.07) is 14.9. The highest BCUT2D eigenvalue weighted by Gasteiger charge is 2.24. The Morgan fingerprint density at radius 3 is 1.26 bits per heavy atom. The summed E-state index contributed by atoms with van der Waals surface area (Å²) in [4.78, 5) is 33.6. The van der Waals surface area contributed by atoms with Crippen LogP contribution in [0.1, 0.15) is 21.1 Å². The molecule has 0 saturated carbocycles. The highest BCUT2D eigenvalue weighted by Crippen LogP contribution is 2.28. The summed E-state index contributed by atoms with van der Waals surface area (Å²) >= 11 is 0. The van der Waals surface area contributed by atoms with Gasteiger partial charge in [0, 0.05) is 63.5 Å². The molecule has 8 heteroatoms. The van der Waals surface area contributed by atoms with Gasteiger partial charge in [-0.3, -0.25) is 9.59 Å². The standard InChI is InChI=1S/C26H30N4O4/c1-27-11-15-29(16-12-27)25(31)23-9-7-21(33-23)19-3-5-20(6-4-19)22-8-10-24(34-22)26(32)30-17-13-28(2)14-18-30/h3-10H,11-18H2,1-2H3. The first kappa shape index (κ1) is 22.4. The highest BCUT2D eigenvalue weighted by atomic mass is 16.4. The van der Waals surface area contributed by atoms with Gasteiger partial charge in [0.2, 0.25) is 0 Å². The molecule has 0 radical (unpaired) electrons. The van der Waals surface area contributed by atoms with Crippen LogP contribution in [0.3, 0.4) is 0 Å². The molecule has 0 spiro atoms. The maximum Gasteiger partial charge on any atom is 0.289 e. The third-order valence-electron chi connectivity index (χ3n) is 6.67. The van der Waals surface area contributed by atoms with Gasteiger partial charge >= 0.3 is 0 Å². The number of carbonyl (C=O) groups is 2. The lowest BCUT2D eigenvalue weighted by atomic mass is 10.1. The van der Waals surface area contributed by atoms with Crippen LogP contribution in [-0.2, 0) is 0 Å². The monoisotopic (exact) mass is 462 g/mol. The minimum Gasteiger partial charge on any atom is -0.451 e. The zero-order valence-corrected chi connectivity index (χ0v) is 19.7. The second kappa shape index (κ2) is 9.48. The van der Waals surface area contributed by atoms with Gasteiger partial charge in [-0.2, -0.15) is 0 Å². The maximum absolute atomic E-state index is 12.7. The van der Waals surface area contributed by atoms with E-state index >= 15 is 0 Å². The van der Waals surface area contributed by atoms with Gasteiger partial charge in [-0.05, 0) is 38.4 Å². The Kier molecular flexibility index (Phi) is 6.26. The molecule has 178 valence electrons. The lowest BCUT2D eigenvalue weighted by molar-refractivity contribution is 0.0627. The molecule has 4 heterocycles. The van der Waals surface area contributed by atoms with Crippen molar-refractivity contribution in [1.29, 1.82) is 0 Å². The number of carbonyl (C=O) groups excluding carboxylic acids is 2. The second-order valence-corrected chi connectivity index (χ2v) is 9.10. The SMILES string of the molecule is CN1CCN(C(=O)c2ccc(-c3ccc(-c4ccc(C(=O)N5CCN(C)CC5)o4)cc3)o2)CC1. The number of likely N-dealkylation sites (N-methyl/N-ethyl adjacent to an activating group) is 2. The van der Waals surface area contributed by atoms with Gasteiger partial charge in [-0.15, -0.1) is 0 Å². The second-order valence-electron chi connectivity index (χ2n) is 9.10. The summed E-state index contributed by atoms with van der Waals surface area (Å²) in [5, 5.41) is 0. The van der Waals surface area contributed by atoms with Crippen molar-refractivity contribution < 1.29 is 18.4 Å². The molecule has 2 amide bonds. The molecule has 2 aromatic heterocycles. The summed E-state index contributed by atoms with van der Waals surface area (Å²) in [7, 11) is 4.12. The molecular weight excluding hydrogens is 432 g/mol. The first-order valence-electron chi connectivity index (χ1n) is 11.7. The Bertz CT molecular complexity index is 1060. The van der Waals surface area contributed by atoms with Crippen molar-refractivity contribution in [3.8, 4) is 22.6 Å². The zero-order valence-electron chi connectivity index (χ0n) is 19.7. The third kappa shape index (κ3) is 4.64. The molecule has 3 aromatic rings. The van der Waals surface area contributed by atoms with Crippen LogP contribution in [-0.4, -0.2) is 97.9 Å². The minimum absolute atomic E-state index is 0.0656. The topological polar surface area (TPSA) is 73.4 Å². The van der Waals surface area contributed by atoms with E-state index in [0.717, 1.165) is 37.3 Å². The maximum atomic E-state index is 12.7. The van der Waals surface area contributed by atoms with Crippen molar-refractivity contribution >= 4 is 11.8 Å². The van der Waals surface area contributed by atoms with E-state index in [2.05, 4.69) is 23.9 Å². The fourth-order valence-corrected chi connectivity index (χ4v) is 4.35. The minimum atomic E-state index is -0.0656. The average Bonchev–Trinajstić information content (AvgIpc) is 3.55. The molecule has 34 heavy (non-hydrogen) atoms. The van der Waals surface area contributed by atoms with Gasteiger partial charge < -0.3 is 28.4 Å². The number of benzene rings is 1. The molecule has 0 unspecified atom stereocenters. The number of amides is 2. The van der Waals surface area contributed by atoms with Crippen LogP contribution in [0.2, 0.25) is 0 Å². The molecular formula is C26H30N4O4. The summed E-state index contributed by atoms with van der Waals surface area (Å²) < 4.78 is 11.8. The Labute approximate surface area is 199 Å². The van der Waals surface area contributed by atoms with E-state index in [1.165, 1.54) is 0 Å². The van der Waals surface area contributed by atoms with Crippen molar-refractivity contribution in [3.05, 3.63) is 60.1 Å². The van der Waals surface area contributed by atoms with E-state index in [1.54, 1.807) is 12.1 Å². The van der Waals surface area contributed by atoms with Crippen molar-refractivity contribution in [3.63, 3.8) is 0 Å². The van der Waals surface area contributed by atoms with Crippen LogP contribution in [0.15, 0.2) is 57.4 Å². The van der Waals surface area contributed by atoms with Crippen LogP contribution >= 0.6 is 0 Å². The van der Waals surface area contributed by atoms with Crippen LogP contribution in [0, 0.1) is 0 Å². The van der Waals surface area contributed by atoms with E-state index in [0.29, 0.717) is 49.2 Å². The Morgan fingerprint density at radius 1 is 0.559 bits per heavy atom. The fraction of sp³-hybridized carbons (Fsp3) is 0.385. The van der Waals surface area contributed by atoms with Gasteiger partial charge in [0.1, 0.15) is 11.5 Å². The van der Waals surface area contributed by atoms with Crippen molar-refractivity contribution in [2.24, 2.45) is 0 Å². The number of piperazine rings is 2. The summed E-state index contributed by atoms with van der Waals surface area (Å²) in [6.45, 7) is 6.33. The summed E-state index contributed by atoms with van der Waals surface area (Å²) in [6.07, 6.45) is 0. The predicted octanol–water partition coefficient (Wildman–Crippen LogP) is 2.98. The smallest absolute Gasteiger partial charge is 0.289 e. The number of furan rings is 2. The lowest BCUT2D eigenvalue weighted by Gasteiger charge is -2.31. The fourth-order valence-electron chi connectivity index (χ4n) is 4.35. The van der Waals surface area contributed by atoms with Crippen LogP contribution in [0.25, 0.3) is 22.6 Å². The van der Waals surface area contributed by atoms with E-state index in [1.807, 2.05) is 46.2 Å². The van der Waals surface area contributed by atoms with Crippen molar-refractivity contribution in [2.45, 2.75) is 0 Å². The molecule has 2 aliphatic rings. The molecule has 0 N–H and O–H groups in total. The molecule has 1 aromatic carbocycles. The average molecular weight is 463 g/mol. The Balaban J connectivity index is 1.25. The first-order valence-corrected chi connectivity index (χ1v) is 11.7. The zero-order chi connectivity index (χ0) is 23.7. The van der Waals surface area contributed by atoms with Gasteiger partial charge in [-0.25, -0.2) is 0 Å². The van der Waals surface area contributed by atoms with E-state index in [-0.39, 0.29) is 11.8 Å². The highest BCUT2D eigenvalue weighted by molar-refractivity contribution is 5.93. The number of hydrogen-bond acceptors (Lipinski definition) is 6. The summed E-state index contributed by atoms with van der Waals surface area (Å²) in [5.41, 5.74) is 1.75. The van der Waals surface area contributed by atoms with Crippen LogP contribution in [0.5, 0.6) is 0 Å².